The minimum absolute atomic E-state index is 0.201. The number of hydrogen-bond acceptors (Lipinski definition) is 6. The average Bonchev–Trinajstić information content (AvgIpc) is 3.12. The van der Waals surface area contributed by atoms with E-state index in [4.69, 9.17) is 4.52 Å². The van der Waals surface area contributed by atoms with E-state index in [2.05, 4.69) is 32.3 Å². The largest absolute Gasteiger partial charge is 0.370 e. The van der Waals surface area contributed by atoms with Crippen LogP contribution in [0.2, 0.25) is 0 Å². The Kier molecular flexibility index (Phi) is 4.22. The van der Waals surface area contributed by atoms with E-state index < -0.39 is 0 Å². The van der Waals surface area contributed by atoms with E-state index in [0.29, 0.717) is 11.8 Å². The predicted molar refractivity (Wildman–Crippen MR) is 91.8 cm³/mol. The van der Waals surface area contributed by atoms with Crippen LogP contribution < -0.4 is 5.32 Å². The molecule has 0 amide bonds. The fourth-order valence-corrected chi connectivity index (χ4v) is 3.35. The summed E-state index contributed by atoms with van der Waals surface area (Å²) >= 11 is 0. The van der Waals surface area contributed by atoms with Gasteiger partial charge in [-0.2, -0.15) is 4.98 Å². The molecular weight excluding hydrogens is 302 g/mol. The van der Waals surface area contributed by atoms with Gasteiger partial charge in [0.1, 0.15) is 5.82 Å². The Hall–Kier alpha value is -1.95. The summed E-state index contributed by atoms with van der Waals surface area (Å²) in [6.07, 6.45) is 3.60. The van der Waals surface area contributed by atoms with Gasteiger partial charge in [-0.05, 0) is 57.7 Å². The van der Waals surface area contributed by atoms with Gasteiger partial charge in [0, 0.05) is 24.7 Å². The van der Waals surface area contributed by atoms with Crippen LogP contribution in [0.25, 0.3) is 0 Å². The summed E-state index contributed by atoms with van der Waals surface area (Å²) in [6.45, 7) is 7.28. The van der Waals surface area contributed by atoms with Crippen molar-refractivity contribution in [3.8, 4) is 0 Å². The number of hydrogen-bond donors (Lipinski definition) is 1. The van der Waals surface area contributed by atoms with Crippen LogP contribution in [-0.2, 0) is 0 Å². The molecule has 2 atom stereocenters. The molecule has 2 aromatic rings. The van der Waals surface area contributed by atoms with Crippen molar-refractivity contribution < 1.29 is 4.52 Å². The normalized spacial score (nSPS) is 22.7. The molecule has 6 heteroatoms. The Labute approximate surface area is 142 Å². The minimum atomic E-state index is 0.201. The molecule has 1 saturated heterocycles. The van der Waals surface area contributed by atoms with E-state index in [0.717, 1.165) is 42.9 Å². The summed E-state index contributed by atoms with van der Waals surface area (Å²) in [6, 6.07) is 6.29. The highest BCUT2D eigenvalue weighted by Gasteiger charge is 2.32. The Morgan fingerprint density at radius 1 is 1.29 bits per heavy atom. The zero-order chi connectivity index (χ0) is 16.5. The summed E-state index contributed by atoms with van der Waals surface area (Å²) in [5, 5.41) is 7.61. The van der Waals surface area contributed by atoms with E-state index in [-0.39, 0.29) is 6.04 Å². The molecule has 2 fully saturated rings. The molecular formula is C18H25N5O. The van der Waals surface area contributed by atoms with E-state index in [1.807, 2.05) is 25.1 Å². The van der Waals surface area contributed by atoms with Gasteiger partial charge in [-0.1, -0.05) is 11.2 Å². The Morgan fingerprint density at radius 2 is 2.17 bits per heavy atom. The van der Waals surface area contributed by atoms with E-state index >= 15 is 0 Å². The van der Waals surface area contributed by atoms with Crippen molar-refractivity contribution in [2.24, 2.45) is 5.92 Å². The quantitative estimate of drug-likeness (QED) is 0.879. The maximum atomic E-state index is 5.49. The monoisotopic (exact) mass is 327 g/mol. The molecule has 6 nitrogen and oxygen atoms in total. The highest BCUT2D eigenvalue weighted by Crippen LogP contribution is 2.39. The summed E-state index contributed by atoms with van der Waals surface area (Å²) in [4.78, 5) is 11.5. The Balaban J connectivity index is 1.30. The zero-order valence-electron chi connectivity index (χ0n) is 14.4. The highest BCUT2D eigenvalue weighted by atomic mass is 16.5. The van der Waals surface area contributed by atoms with Gasteiger partial charge in [0.25, 0.3) is 0 Å². The maximum absolute atomic E-state index is 5.49. The molecule has 1 saturated carbocycles. The third kappa shape index (κ3) is 3.43. The highest BCUT2D eigenvalue weighted by molar-refractivity contribution is 5.35. The Morgan fingerprint density at radius 3 is 2.96 bits per heavy atom. The third-order valence-electron chi connectivity index (χ3n) is 5.08. The standard InChI is InChI=1S/C18H25N5O/c1-12-4-3-5-16(20-12)19-10-14-8-9-23(11-14)13(2)18-21-17(22-24-18)15-6-7-15/h3-5,13-15H,6-11H2,1-2H3,(H,19,20)/t13-,14-/m0/s1. The van der Waals surface area contributed by atoms with Crippen LogP contribution in [0.5, 0.6) is 0 Å². The van der Waals surface area contributed by atoms with Gasteiger partial charge in [-0.3, -0.25) is 4.90 Å². The van der Waals surface area contributed by atoms with Gasteiger partial charge in [0.05, 0.1) is 6.04 Å². The number of nitrogens with one attached hydrogen (secondary N) is 1. The molecule has 1 aliphatic carbocycles. The molecule has 4 rings (SSSR count). The van der Waals surface area contributed by atoms with Gasteiger partial charge >= 0.3 is 0 Å². The zero-order valence-corrected chi connectivity index (χ0v) is 14.4. The molecule has 1 N–H and O–H groups in total. The molecule has 2 aromatic heterocycles. The van der Waals surface area contributed by atoms with Gasteiger partial charge in [0.2, 0.25) is 5.89 Å². The van der Waals surface area contributed by atoms with Gasteiger partial charge in [-0.25, -0.2) is 4.98 Å². The Bertz CT molecular complexity index is 696. The van der Waals surface area contributed by atoms with Gasteiger partial charge in [0.15, 0.2) is 5.82 Å². The second kappa shape index (κ2) is 6.51. The molecule has 0 bridgehead atoms. The van der Waals surface area contributed by atoms with Crippen LogP contribution in [0, 0.1) is 12.8 Å². The SMILES string of the molecule is Cc1cccc(NC[C@@H]2CCN([C@@H](C)c3nc(C4CC4)no3)C2)n1. The number of likely N-dealkylation sites (tertiary alicyclic amines) is 1. The number of nitrogens with zero attached hydrogens (tertiary/aromatic N) is 4. The van der Waals surface area contributed by atoms with Crippen molar-refractivity contribution in [1.82, 2.24) is 20.0 Å². The molecule has 0 aromatic carbocycles. The average molecular weight is 327 g/mol. The molecule has 1 aliphatic heterocycles. The number of aryl methyl sites for hydroxylation is 1. The lowest BCUT2D eigenvalue weighted by molar-refractivity contribution is 0.203. The van der Waals surface area contributed by atoms with E-state index in [1.54, 1.807) is 0 Å². The lowest BCUT2D eigenvalue weighted by Crippen LogP contribution is -2.26. The number of anilines is 1. The fourth-order valence-electron chi connectivity index (χ4n) is 3.35. The fraction of sp³-hybridized carbons (Fsp3) is 0.611. The summed E-state index contributed by atoms with van der Waals surface area (Å²) in [5.74, 6) is 3.81. The molecule has 0 radical (unpaired) electrons. The van der Waals surface area contributed by atoms with Crippen molar-refractivity contribution in [2.45, 2.75) is 45.1 Å². The maximum Gasteiger partial charge on any atom is 0.243 e. The first-order valence-electron chi connectivity index (χ1n) is 8.94. The molecule has 24 heavy (non-hydrogen) atoms. The number of pyridine rings is 1. The van der Waals surface area contributed by atoms with Crippen LogP contribution in [-0.4, -0.2) is 39.7 Å². The van der Waals surface area contributed by atoms with Crippen molar-refractivity contribution in [3.05, 3.63) is 35.6 Å². The van der Waals surface area contributed by atoms with Gasteiger partial charge < -0.3 is 9.84 Å². The van der Waals surface area contributed by atoms with E-state index in [1.165, 1.54) is 19.3 Å². The number of aromatic nitrogens is 3. The predicted octanol–water partition coefficient (Wildman–Crippen LogP) is 3.15. The second-order valence-corrected chi connectivity index (χ2v) is 7.14. The smallest absolute Gasteiger partial charge is 0.243 e. The van der Waals surface area contributed by atoms with Crippen LogP contribution in [0.1, 0.15) is 55.6 Å². The summed E-state index contributed by atoms with van der Waals surface area (Å²) < 4.78 is 5.49. The molecule has 0 unspecified atom stereocenters. The lowest BCUT2D eigenvalue weighted by Gasteiger charge is -2.21. The summed E-state index contributed by atoms with van der Waals surface area (Å²) in [7, 11) is 0. The van der Waals surface area contributed by atoms with Crippen LogP contribution >= 0.6 is 0 Å². The van der Waals surface area contributed by atoms with Gasteiger partial charge in [-0.15, -0.1) is 0 Å². The first-order chi connectivity index (χ1) is 11.7. The first-order valence-corrected chi connectivity index (χ1v) is 8.94. The van der Waals surface area contributed by atoms with Crippen LogP contribution in [0.3, 0.4) is 0 Å². The topological polar surface area (TPSA) is 67.1 Å². The van der Waals surface area contributed by atoms with E-state index in [9.17, 15) is 0 Å². The van der Waals surface area contributed by atoms with Crippen molar-refractivity contribution in [3.63, 3.8) is 0 Å². The lowest BCUT2D eigenvalue weighted by atomic mass is 10.1. The minimum Gasteiger partial charge on any atom is -0.370 e. The van der Waals surface area contributed by atoms with Crippen molar-refractivity contribution in [2.75, 3.05) is 25.0 Å². The van der Waals surface area contributed by atoms with Crippen LogP contribution in [0.15, 0.2) is 22.7 Å². The van der Waals surface area contributed by atoms with Crippen LogP contribution in [0.4, 0.5) is 5.82 Å². The molecule has 128 valence electrons. The van der Waals surface area contributed by atoms with Crippen molar-refractivity contribution in [1.29, 1.82) is 0 Å². The second-order valence-electron chi connectivity index (χ2n) is 7.14. The summed E-state index contributed by atoms with van der Waals surface area (Å²) in [5.41, 5.74) is 1.05. The van der Waals surface area contributed by atoms with Crippen molar-refractivity contribution >= 4 is 5.82 Å². The molecule has 0 spiro atoms. The molecule has 2 aliphatic rings. The third-order valence-corrected chi connectivity index (χ3v) is 5.08. The number of rotatable bonds is 6. The first kappa shape index (κ1) is 15.6. The molecule has 3 heterocycles.